The molecule has 26 heavy (non-hydrogen) atoms. The Labute approximate surface area is 151 Å². The average Bonchev–Trinajstić information content (AvgIpc) is 3.15. The summed E-state index contributed by atoms with van der Waals surface area (Å²) < 4.78 is 0. The number of aromatic amines is 1. The molecule has 4 rings (SSSR count). The lowest BCUT2D eigenvalue weighted by atomic mass is 9.89. The molecule has 0 radical (unpaired) electrons. The van der Waals surface area contributed by atoms with Crippen molar-refractivity contribution in [3.05, 3.63) is 71.4 Å². The number of hydrogen-bond acceptors (Lipinski definition) is 2. The Morgan fingerprint density at radius 2 is 1.96 bits per heavy atom. The maximum absolute atomic E-state index is 12.9. The van der Waals surface area contributed by atoms with Crippen molar-refractivity contribution < 1.29 is 14.7 Å². The first kappa shape index (κ1) is 16.4. The molecule has 3 aromatic rings. The average molecular weight is 348 g/mol. The molecule has 2 heterocycles. The Hall–Kier alpha value is -3.08. The molecule has 0 spiro atoms. The van der Waals surface area contributed by atoms with Gasteiger partial charge in [-0.1, -0.05) is 12.1 Å². The molecule has 1 saturated heterocycles. The van der Waals surface area contributed by atoms with Crippen LogP contribution in [0.5, 0.6) is 0 Å². The van der Waals surface area contributed by atoms with E-state index in [4.69, 9.17) is 0 Å². The summed E-state index contributed by atoms with van der Waals surface area (Å²) >= 11 is 0. The van der Waals surface area contributed by atoms with E-state index in [0.29, 0.717) is 17.7 Å². The molecule has 0 saturated carbocycles. The Balaban J connectivity index is 1.55. The number of benzene rings is 2. The molecular formula is C21H20N2O3. The number of carboxylic acids is 1. The summed E-state index contributed by atoms with van der Waals surface area (Å²) in [6.45, 7) is 1.35. The molecule has 5 heteroatoms. The molecule has 0 aliphatic carbocycles. The van der Waals surface area contributed by atoms with Crippen molar-refractivity contribution in [2.75, 3.05) is 13.1 Å². The molecule has 0 unspecified atom stereocenters. The summed E-state index contributed by atoms with van der Waals surface area (Å²) in [5, 5.41) is 10.2. The third-order valence-corrected chi connectivity index (χ3v) is 5.11. The van der Waals surface area contributed by atoms with Gasteiger partial charge in [0.15, 0.2) is 0 Å². The second-order valence-electron chi connectivity index (χ2n) is 6.80. The molecule has 1 aromatic heterocycles. The van der Waals surface area contributed by atoms with Crippen LogP contribution in [0.3, 0.4) is 0 Å². The quantitative estimate of drug-likeness (QED) is 0.754. The van der Waals surface area contributed by atoms with Crippen LogP contribution in [0, 0.1) is 0 Å². The van der Waals surface area contributed by atoms with Gasteiger partial charge in [-0.3, -0.25) is 4.79 Å². The molecule has 0 bridgehead atoms. The molecule has 1 amide bonds. The van der Waals surface area contributed by atoms with Crippen molar-refractivity contribution in [2.24, 2.45) is 0 Å². The number of H-pyrrole nitrogens is 1. The van der Waals surface area contributed by atoms with Gasteiger partial charge in [-0.05, 0) is 54.8 Å². The summed E-state index contributed by atoms with van der Waals surface area (Å²) in [5.41, 5.74) is 2.99. The highest BCUT2D eigenvalue weighted by molar-refractivity contribution is 5.98. The third kappa shape index (κ3) is 3.08. The van der Waals surface area contributed by atoms with Gasteiger partial charge in [0.2, 0.25) is 0 Å². The van der Waals surface area contributed by atoms with Gasteiger partial charge in [0.1, 0.15) is 0 Å². The normalized spacial score (nSPS) is 17.4. The highest BCUT2D eigenvalue weighted by Gasteiger charge is 2.26. The second kappa shape index (κ2) is 6.67. The predicted octanol–water partition coefficient (Wildman–Crippen LogP) is 3.89. The number of aromatic nitrogens is 1. The highest BCUT2D eigenvalue weighted by Crippen LogP contribution is 2.28. The number of carbonyl (C=O) groups excluding carboxylic acids is 1. The van der Waals surface area contributed by atoms with Crippen LogP contribution in [0.15, 0.2) is 54.7 Å². The van der Waals surface area contributed by atoms with Gasteiger partial charge >= 0.3 is 5.97 Å². The number of amides is 1. The van der Waals surface area contributed by atoms with Crippen molar-refractivity contribution in [2.45, 2.75) is 18.8 Å². The number of aromatic carboxylic acids is 1. The lowest BCUT2D eigenvalue weighted by Gasteiger charge is -2.33. The summed E-state index contributed by atoms with van der Waals surface area (Å²) in [6, 6.07) is 14.7. The van der Waals surface area contributed by atoms with Crippen molar-refractivity contribution in [1.82, 2.24) is 9.88 Å². The fourth-order valence-corrected chi connectivity index (χ4v) is 3.73. The fourth-order valence-electron chi connectivity index (χ4n) is 3.73. The summed E-state index contributed by atoms with van der Waals surface area (Å²) in [6.07, 6.45) is 3.75. The first-order valence-corrected chi connectivity index (χ1v) is 8.81. The highest BCUT2D eigenvalue weighted by atomic mass is 16.4. The van der Waals surface area contributed by atoms with Gasteiger partial charge in [0.05, 0.1) is 5.56 Å². The van der Waals surface area contributed by atoms with E-state index in [0.717, 1.165) is 35.9 Å². The van der Waals surface area contributed by atoms with Gasteiger partial charge in [0.25, 0.3) is 5.91 Å². The maximum atomic E-state index is 12.9. The molecule has 1 aliphatic rings. The minimum absolute atomic E-state index is 0.0344. The molecular weight excluding hydrogens is 328 g/mol. The van der Waals surface area contributed by atoms with Crippen molar-refractivity contribution in [1.29, 1.82) is 0 Å². The van der Waals surface area contributed by atoms with Crippen LogP contribution in [0.1, 0.15) is 45.0 Å². The van der Waals surface area contributed by atoms with Gasteiger partial charge in [0, 0.05) is 41.7 Å². The summed E-state index contributed by atoms with van der Waals surface area (Å²) in [4.78, 5) is 29.2. The number of rotatable bonds is 3. The van der Waals surface area contributed by atoms with Gasteiger partial charge in [-0.25, -0.2) is 4.79 Å². The van der Waals surface area contributed by atoms with Crippen LogP contribution in [0.2, 0.25) is 0 Å². The molecule has 2 aromatic carbocycles. The van der Waals surface area contributed by atoms with E-state index in [1.54, 1.807) is 18.2 Å². The Bertz CT molecular complexity index is 976. The number of nitrogens with zero attached hydrogens (tertiary/aromatic N) is 1. The van der Waals surface area contributed by atoms with E-state index in [1.165, 1.54) is 0 Å². The molecule has 2 N–H and O–H groups in total. The van der Waals surface area contributed by atoms with E-state index in [-0.39, 0.29) is 11.8 Å². The lowest BCUT2D eigenvalue weighted by molar-refractivity contribution is 0.0688. The largest absolute Gasteiger partial charge is 0.478 e. The van der Waals surface area contributed by atoms with E-state index in [2.05, 4.69) is 4.98 Å². The third-order valence-electron chi connectivity index (χ3n) is 5.11. The lowest BCUT2D eigenvalue weighted by Crippen LogP contribution is -2.39. The Morgan fingerprint density at radius 3 is 2.81 bits per heavy atom. The standard InChI is InChI=1S/C21H20N2O3/c24-20(16-6-7-19-15(12-16)8-9-22-19)23-10-2-5-18(13-23)14-3-1-4-17(11-14)21(25)26/h1,3-4,6-9,11-12,18,22H,2,5,10,13H2,(H,25,26)/t18-/m1/s1. The van der Waals surface area contributed by atoms with Crippen LogP contribution in [0.25, 0.3) is 10.9 Å². The Kier molecular flexibility index (Phi) is 4.21. The molecule has 1 aliphatic heterocycles. The van der Waals surface area contributed by atoms with Crippen molar-refractivity contribution in [3.8, 4) is 0 Å². The number of carbonyl (C=O) groups is 2. The maximum Gasteiger partial charge on any atom is 0.335 e. The predicted molar refractivity (Wildman–Crippen MR) is 99.6 cm³/mol. The van der Waals surface area contributed by atoms with Crippen LogP contribution >= 0.6 is 0 Å². The fraction of sp³-hybridized carbons (Fsp3) is 0.238. The van der Waals surface area contributed by atoms with Crippen molar-refractivity contribution in [3.63, 3.8) is 0 Å². The zero-order valence-electron chi connectivity index (χ0n) is 14.3. The molecule has 132 valence electrons. The van der Waals surface area contributed by atoms with Crippen LogP contribution in [-0.4, -0.2) is 40.0 Å². The van der Waals surface area contributed by atoms with E-state index >= 15 is 0 Å². The summed E-state index contributed by atoms with van der Waals surface area (Å²) in [5.74, 6) is -0.717. The number of hydrogen-bond donors (Lipinski definition) is 2. The zero-order chi connectivity index (χ0) is 18.1. The van der Waals surface area contributed by atoms with Gasteiger partial charge < -0.3 is 15.0 Å². The second-order valence-corrected chi connectivity index (χ2v) is 6.80. The number of likely N-dealkylation sites (tertiary alicyclic amines) is 1. The van der Waals surface area contributed by atoms with E-state index in [1.807, 2.05) is 41.4 Å². The van der Waals surface area contributed by atoms with Crippen LogP contribution in [-0.2, 0) is 0 Å². The van der Waals surface area contributed by atoms with E-state index in [9.17, 15) is 14.7 Å². The zero-order valence-corrected chi connectivity index (χ0v) is 14.3. The number of fused-ring (bicyclic) bond motifs is 1. The molecule has 1 atom stereocenters. The summed E-state index contributed by atoms with van der Waals surface area (Å²) in [7, 11) is 0. The molecule has 5 nitrogen and oxygen atoms in total. The van der Waals surface area contributed by atoms with E-state index < -0.39 is 5.97 Å². The van der Waals surface area contributed by atoms with Crippen LogP contribution < -0.4 is 0 Å². The van der Waals surface area contributed by atoms with Gasteiger partial charge in [-0.2, -0.15) is 0 Å². The number of piperidine rings is 1. The number of carboxylic acid groups (broad SMARTS) is 1. The topological polar surface area (TPSA) is 73.4 Å². The smallest absolute Gasteiger partial charge is 0.335 e. The monoisotopic (exact) mass is 348 g/mol. The van der Waals surface area contributed by atoms with Crippen molar-refractivity contribution >= 4 is 22.8 Å². The Morgan fingerprint density at radius 1 is 1.08 bits per heavy atom. The SMILES string of the molecule is O=C(O)c1cccc([C@@H]2CCCN(C(=O)c3ccc4[nH]ccc4c3)C2)c1. The first-order chi connectivity index (χ1) is 12.6. The van der Waals surface area contributed by atoms with Crippen LogP contribution in [0.4, 0.5) is 0 Å². The minimum Gasteiger partial charge on any atom is -0.478 e. The number of nitrogens with one attached hydrogen (secondary N) is 1. The van der Waals surface area contributed by atoms with Gasteiger partial charge in [-0.15, -0.1) is 0 Å². The first-order valence-electron chi connectivity index (χ1n) is 8.81. The molecule has 1 fully saturated rings. The minimum atomic E-state index is -0.921.